The first-order valence-corrected chi connectivity index (χ1v) is 11.9. The number of hydrogen-bond donors (Lipinski definition) is 0. The number of ketones is 1. The molecule has 176 valence electrons. The number of carbonyl (C=O) groups excluding carboxylic acids is 2. The first-order valence-electron chi connectivity index (χ1n) is 10.7. The van der Waals surface area contributed by atoms with E-state index in [1.165, 1.54) is 6.07 Å². The van der Waals surface area contributed by atoms with E-state index in [0.29, 0.717) is 64.1 Å². The summed E-state index contributed by atoms with van der Waals surface area (Å²) in [6.45, 7) is 0.272. The number of fused-ring (bicyclic) bond motifs is 1. The van der Waals surface area contributed by atoms with Gasteiger partial charge in [0.1, 0.15) is 17.2 Å². The molecule has 35 heavy (non-hydrogen) atoms. The number of ether oxygens (including phenoxy) is 2. The first-order chi connectivity index (χ1) is 16.3. The molecule has 3 aromatic rings. The van der Waals surface area contributed by atoms with Crippen molar-refractivity contribution in [3.05, 3.63) is 86.4 Å². The average Bonchev–Trinajstić information content (AvgIpc) is 2.81. The quantitative estimate of drug-likeness (QED) is 0.323. The predicted molar refractivity (Wildman–Crippen MR) is 130 cm³/mol. The van der Waals surface area contributed by atoms with Gasteiger partial charge < -0.3 is 19.4 Å². The van der Waals surface area contributed by atoms with Crippen molar-refractivity contribution in [2.75, 3.05) is 6.61 Å². The number of hydrogen-bond acceptors (Lipinski definition) is 5. The maximum atomic E-state index is 12.6. The fraction of sp³-hybridized carbons (Fsp3) is 0.231. The smallest absolute Gasteiger partial charge is 0.549 e. The Hall–Kier alpha value is -1.73. The maximum Gasteiger partial charge on any atom is 1.00 e. The van der Waals surface area contributed by atoms with Crippen LogP contribution in [-0.2, 0) is 11.2 Å². The average molecular weight is 542 g/mol. The number of carbonyl (C=O) groups is 2. The number of carboxylic acid groups (broad SMARTS) is 1. The van der Waals surface area contributed by atoms with Crippen LogP contribution in [0.5, 0.6) is 17.2 Å². The Morgan fingerprint density at radius 3 is 2.43 bits per heavy atom. The van der Waals surface area contributed by atoms with Gasteiger partial charge in [0.25, 0.3) is 0 Å². The zero-order valence-corrected chi connectivity index (χ0v) is 23.3. The standard InChI is InChI=1S/C26H21Cl3O5.Na/c27-17-7-4-15(21(28)12-17)2-1-3-23(30)16-5-8-18(9-6-16)34-25-14-24-20(13-22(25)29)19(26(31)32)10-11-33-24;/h4-9,12-14,19H,1-3,10-11H2,(H,31,32);/q;+1/p-1. The molecule has 9 heteroatoms. The molecule has 0 aliphatic carbocycles. The normalized spacial score (nSPS) is 14.3. The van der Waals surface area contributed by atoms with E-state index in [4.69, 9.17) is 44.3 Å². The number of aliphatic carboxylic acids is 1. The Balaban J connectivity index is 0.00000342. The van der Waals surface area contributed by atoms with Crippen LogP contribution in [0.2, 0.25) is 15.1 Å². The van der Waals surface area contributed by atoms with Gasteiger partial charge >= 0.3 is 29.6 Å². The fourth-order valence-electron chi connectivity index (χ4n) is 3.86. The molecule has 0 saturated heterocycles. The Bertz CT molecular complexity index is 1230. The van der Waals surface area contributed by atoms with Gasteiger partial charge in [-0.2, -0.15) is 0 Å². The van der Waals surface area contributed by atoms with Crippen LogP contribution in [0.3, 0.4) is 0 Å². The van der Waals surface area contributed by atoms with Crippen LogP contribution < -0.4 is 44.1 Å². The molecule has 0 spiro atoms. The van der Waals surface area contributed by atoms with Crippen molar-refractivity contribution < 1.29 is 53.7 Å². The van der Waals surface area contributed by atoms with Gasteiger partial charge in [-0.1, -0.05) is 40.9 Å². The third kappa shape index (κ3) is 6.94. The molecule has 1 aliphatic heterocycles. The van der Waals surface area contributed by atoms with Gasteiger partial charge in [-0.15, -0.1) is 0 Å². The van der Waals surface area contributed by atoms with Crippen LogP contribution in [-0.4, -0.2) is 18.4 Å². The number of Topliss-reactive ketones (excluding diaryl/α,β-unsaturated/α-hetero) is 1. The molecule has 1 heterocycles. The van der Waals surface area contributed by atoms with E-state index in [9.17, 15) is 14.7 Å². The Kier molecular flexibility index (Phi) is 9.94. The van der Waals surface area contributed by atoms with E-state index in [1.54, 1.807) is 42.5 Å². The molecule has 1 aliphatic rings. The molecular weight excluding hydrogens is 522 g/mol. The molecule has 3 aromatic carbocycles. The van der Waals surface area contributed by atoms with Crippen LogP contribution in [0, 0.1) is 0 Å². The third-order valence-electron chi connectivity index (χ3n) is 5.66. The zero-order valence-electron chi connectivity index (χ0n) is 19.0. The summed E-state index contributed by atoms with van der Waals surface area (Å²) in [7, 11) is 0. The van der Waals surface area contributed by atoms with E-state index >= 15 is 0 Å². The zero-order chi connectivity index (χ0) is 24.2. The van der Waals surface area contributed by atoms with Gasteiger partial charge in [0, 0.05) is 45.5 Å². The molecule has 0 amide bonds. The van der Waals surface area contributed by atoms with Crippen LogP contribution in [0.25, 0.3) is 0 Å². The van der Waals surface area contributed by atoms with E-state index in [-0.39, 0.29) is 47.0 Å². The van der Waals surface area contributed by atoms with Gasteiger partial charge in [0.15, 0.2) is 5.78 Å². The largest absolute Gasteiger partial charge is 1.00 e. The molecule has 0 bridgehead atoms. The van der Waals surface area contributed by atoms with Gasteiger partial charge in [-0.3, -0.25) is 4.79 Å². The minimum Gasteiger partial charge on any atom is -0.549 e. The second-order valence-corrected chi connectivity index (χ2v) is 9.22. The summed E-state index contributed by atoms with van der Waals surface area (Å²) in [6.07, 6.45) is 2.05. The fourth-order valence-corrected chi connectivity index (χ4v) is 4.57. The summed E-state index contributed by atoms with van der Waals surface area (Å²) in [5, 5.41) is 12.8. The minimum absolute atomic E-state index is 0. The molecule has 0 radical (unpaired) electrons. The van der Waals surface area contributed by atoms with Crippen molar-refractivity contribution in [1.82, 2.24) is 0 Å². The van der Waals surface area contributed by atoms with E-state index in [2.05, 4.69) is 0 Å². The summed E-state index contributed by atoms with van der Waals surface area (Å²) in [5.74, 6) is -0.684. The Morgan fingerprint density at radius 1 is 1.00 bits per heavy atom. The molecule has 0 N–H and O–H groups in total. The monoisotopic (exact) mass is 540 g/mol. The molecule has 0 fully saturated rings. The van der Waals surface area contributed by atoms with E-state index < -0.39 is 11.9 Å². The summed E-state index contributed by atoms with van der Waals surface area (Å²) in [4.78, 5) is 23.9. The van der Waals surface area contributed by atoms with Crippen molar-refractivity contribution in [1.29, 1.82) is 0 Å². The predicted octanol–water partition coefficient (Wildman–Crippen LogP) is 3.26. The Labute approximate surface area is 240 Å². The van der Waals surface area contributed by atoms with Crippen LogP contribution in [0.4, 0.5) is 0 Å². The SMILES string of the molecule is O=C(CCCc1ccc(Cl)cc1Cl)c1ccc(Oc2cc3c(cc2Cl)C(C(=O)[O-])CCO3)cc1.[Na+]. The summed E-state index contributed by atoms with van der Waals surface area (Å²) >= 11 is 18.4. The maximum absolute atomic E-state index is 12.6. The van der Waals surface area contributed by atoms with Gasteiger partial charge in [-0.25, -0.2) is 0 Å². The number of carboxylic acids is 1. The van der Waals surface area contributed by atoms with Crippen molar-refractivity contribution in [3.63, 3.8) is 0 Å². The van der Waals surface area contributed by atoms with Crippen molar-refractivity contribution >= 4 is 46.6 Å². The number of rotatable bonds is 8. The second-order valence-electron chi connectivity index (χ2n) is 7.97. The molecule has 5 nitrogen and oxygen atoms in total. The van der Waals surface area contributed by atoms with Crippen molar-refractivity contribution in [2.45, 2.75) is 31.6 Å². The van der Waals surface area contributed by atoms with E-state index in [0.717, 1.165) is 5.56 Å². The number of aryl methyl sites for hydroxylation is 1. The topological polar surface area (TPSA) is 75.7 Å². The summed E-state index contributed by atoms with van der Waals surface area (Å²) in [5.41, 5.74) is 2.01. The van der Waals surface area contributed by atoms with Crippen LogP contribution >= 0.6 is 34.8 Å². The van der Waals surface area contributed by atoms with Gasteiger partial charge in [0.2, 0.25) is 0 Å². The second kappa shape index (κ2) is 12.5. The molecule has 1 unspecified atom stereocenters. The van der Waals surface area contributed by atoms with Crippen LogP contribution in [0.15, 0.2) is 54.6 Å². The summed E-state index contributed by atoms with van der Waals surface area (Å²) < 4.78 is 11.4. The summed E-state index contributed by atoms with van der Waals surface area (Å²) in [6, 6.07) is 15.2. The molecule has 0 saturated carbocycles. The van der Waals surface area contributed by atoms with Crippen LogP contribution in [0.1, 0.15) is 46.7 Å². The van der Waals surface area contributed by atoms with Gasteiger partial charge in [-0.05, 0) is 67.3 Å². The molecular formula is C26H20Cl3NaO5. The molecule has 0 aromatic heterocycles. The first kappa shape index (κ1) is 27.9. The Morgan fingerprint density at radius 2 is 1.74 bits per heavy atom. The van der Waals surface area contributed by atoms with Gasteiger partial charge in [0.05, 0.1) is 11.6 Å². The molecule has 1 atom stereocenters. The van der Waals surface area contributed by atoms with Crippen molar-refractivity contribution in [3.8, 4) is 17.2 Å². The van der Waals surface area contributed by atoms with Crippen molar-refractivity contribution in [2.24, 2.45) is 0 Å². The third-order valence-corrected chi connectivity index (χ3v) is 6.54. The number of benzene rings is 3. The van der Waals surface area contributed by atoms with E-state index in [1.807, 2.05) is 6.07 Å². The minimum atomic E-state index is -1.16. The number of halogens is 3. The molecule has 4 rings (SSSR count).